The van der Waals surface area contributed by atoms with Gasteiger partial charge in [0.2, 0.25) is 0 Å². The maximum atomic E-state index is 11.1. The number of carbonyl (C=O) groups excluding carboxylic acids is 1. The van der Waals surface area contributed by atoms with Crippen molar-refractivity contribution in [2.24, 2.45) is 0 Å². The number of hydrogen-bond donors (Lipinski definition) is 4. The van der Waals surface area contributed by atoms with E-state index in [1.165, 1.54) is 0 Å². The molecule has 0 saturated carbocycles. The summed E-state index contributed by atoms with van der Waals surface area (Å²) in [5, 5.41) is 17.3. The van der Waals surface area contributed by atoms with E-state index in [0.29, 0.717) is 0 Å². The summed E-state index contributed by atoms with van der Waals surface area (Å²) in [4.78, 5) is 10.9. The van der Waals surface area contributed by atoms with E-state index in [-0.39, 0.29) is 0 Å². The molecule has 1 unspecified atom stereocenters. The Labute approximate surface area is 93.8 Å². The van der Waals surface area contributed by atoms with Gasteiger partial charge in [0.25, 0.3) is 0 Å². The molecular weight excluding hydrogens is 240 g/mol. The molecule has 0 saturated heterocycles. The molecule has 0 aliphatic heterocycles. The van der Waals surface area contributed by atoms with Gasteiger partial charge in [0.15, 0.2) is 0 Å². The SMILES string of the molecule is CC(C)OC(=O)NS(=O)(=O)NCC(O)CO. The number of rotatable bonds is 6. The molecule has 4 N–H and O–H groups in total. The van der Waals surface area contributed by atoms with Crippen molar-refractivity contribution in [3.05, 3.63) is 0 Å². The van der Waals surface area contributed by atoms with E-state index < -0.39 is 41.7 Å². The summed E-state index contributed by atoms with van der Waals surface area (Å²) >= 11 is 0. The van der Waals surface area contributed by atoms with Gasteiger partial charge in [-0.15, -0.1) is 0 Å². The molecule has 9 heteroatoms. The second-order valence-corrected chi connectivity index (χ2v) is 4.74. The first-order valence-corrected chi connectivity index (χ1v) is 6.02. The Morgan fingerprint density at radius 1 is 1.44 bits per heavy atom. The van der Waals surface area contributed by atoms with Crippen LogP contribution in [0.3, 0.4) is 0 Å². The molecule has 0 radical (unpaired) electrons. The lowest BCUT2D eigenvalue weighted by molar-refractivity contribution is 0.0985. The molecule has 0 rings (SSSR count). The van der Waals surface area contributed by atoms with Gasteiger partial charge in [-0.05, 0) is 13.8 Å². The number of carbonyl (C=O) groups is 1. The summed E-state index contributed by atoms with van der Waals surface area (Å²) in [5.41, 5.74) is 0. The van der Waals surface area contributed by atoms with Gasteiger partial charge in [0.1, 0.15) is 0 Å². The zero-order chi connectivity index (χ0) is 12.8. The van der Waals surface area contributed by atoms with Crippen molar-refractivity contribution in [1.29, 1.82) is 0 Å². The van der Waals surface area contributed by atoms with Gasteiger partial charge >= 0.3 is 16.3 Å². The van der Waals surface area contributed by atoms with Crippen LogP contribution in [0.25, 0.3) is 0 Å². The van der Waals surface area contributed by atoms with Crippen molar-refractivity contribution < 1.29 is 28.2 Å². The van der Waals surface area contributed by atoms with E-state index in [1.54, 1.807) is 18.6 Å². The molecule has 0 heterocycles. The standard InChI is InChI=1S/C7H16N2O6S/c1-5(2)15-7(12)9-16(13,14)8-3-6(11)4-10/h5-6,8,10-11H,3-4H2,1-2H3,(H,9,12). The molecule has 96 valence electrons. The molecule has 0 fully saturated rings. The number of aliphatic hydroxyl groups excluding tert-OH is 2. The fourth-order valence-corrected chi connectivity index (χ4v) is 1.41. The van der Waals surface area contributed by atoms with Gasteiger partial charge in [0, 0.05) is 6.54 Å². The second-order valence-electron chi connectivity index (χ2n) is 3.24. The molecular formula is C7H16N2O6S. The van der Waals surface area contributed by atoms with Crippen LogP contribution in [0, 0.1) is 0 Å². The molecule has 0 bridgehead atoms. The highest BCUT2D eigenvalue weighted by Crippen LogP contribution is 1.90. The Hall–Kier alpha value is -0.900. The van der Waals surface area contributed by atoms with Crippen LogP contribution in [0.5, 0.6) is 0 Å². The smallest absolute Gasteiger partial charge is 0.422 e. The van der Waals surface area contributed by atoms with E-state index >= 15 is 0 Å². The molecule has 0 aromatic heterocycles. The van der Waals surface area contributed by atoms with Gasteiger partial charge in [-0.2, -0.15) is 13.1 Å². The average molecular weight is 256 g/mol. The Bertz CT molecular complexity index is 315. The van der Waals surface area contributed by atoms with Gasteiger partial charge in [-0.25, -0.2) is 9.52 Å². The summed E-state index contributed by atoms with van der Waals surface area (Å²) in [7, 11) is -4.08. The Balaban J connectivity index is 4.10. The zero-order valence-corrected chi connectivity index (χ0v) is 9.82. The van der Waals surface area contributed by atoms with Crippen molar-refractivity contribution in [2.75, 3.05) is 13.2 Å². The van der Waals surface area contributed by atoms with E-state index in [2.05, 4.69) is 4.74 Å². The topological polar surface area (TPSA) is 125 Å². The number of ether oxygens (including phenoxy) is 1. The lowest BCUT2D eigenvalue weighted by Gasteiger charge is -2.12. The third kappa shape index (κ3) is 7.40. The summed E-state index contributed by atoms with van der Waals surface area (Å²) in [5.74, 6) is 0. The largest absolute Gasteiger partial charge is 0.446 e. The van der Waals surface area contributed by atoms with Crippen LogP contribution in [-0.4, -0.2) is 50.1 Å². The van der Waals surface area contributed by atoms with Crippen LogP contribution in [0.2, 0.25) is 0 Å². The predicted octanol–water partition coefficient (Wildman–Crippen LogP) is -1.69. The summed E-state index contributed by atoms with van der Waals surface area (Å²) in [6.45, 7) is 2.14. The van der Waals surface area contributed by atoms with Gasteiger partial charge in [-0.3, -0.25) is 0 Å². The molecule has 0 aromatic carbocycles. The maximum absolute atomic E-state index is 11.1. The highest BCUT2D eigenvalue weighted by Gasteiger charge is 2.17. The van der Waals surface area contributed by atoms with Crippen LogP contribution in [-0.2, 0) is 14.9 Å². The third-order valence-electron chi connectivity index (χ3n) is 1.28. The Morgan fingerprint density at radius 3 is 2.44 bits per heavy atom. The minimum absolute atomic E-state index is 0.402. The van der Waals surface area contributed by atoms with E-state index in [1.807, 2.05) is 4.72 Å². The van der Waals surface area contributed by atoms with Gasteiger partial charge < -0.3 is 14.9 Å². The normalized spacial score (nSPS) is 13.6. The number of amides is 1. The van der Waals surface area contributed by atoms with Crippen molar-refractivity contribution in [3.8, 4) is 0 Å². The monoisotopic (exact) mass is 256 g/mol. The lowest BCUT2D eigenvalue weighted by atomic mass is 10.4. The van der Waals surface area contributed by atoms with Gasteiger partial charge in [0.05, 0.1) is 18.8 Å². The molecule has 1 atom stereocenters. The van der Waals surface area contributed by atoms with E-state index in [9.17, 15) is 13.2 Å². The van der Waals surface area contributed by atoms with Crippen molar-refractivity contribution in [1.82, 2.24) is 9.44 Å². The lowest BCUT2D eigenvalue weighted by Crippen LogP contribution is -2.44. The predicted molar refractivity (Wildman–Crippen MR) is 54.8 cm³/mol. The minimum Gasteiger partial charge on any atom is -0.446 e. The number of aliphatic hydroxyl groups is 2. The Kier molecular flexibility index (Phi) is 6.26. The van der Waals surface area contributed by atoms with Crippen LogP contribution in [0.4, 0.5) is 4.79 Å². The minimum atomic E-state index is -4.08. The van der Waals surface area contributed by atoms with Crippen molar-refractivity contribution >= 4 is 16.3 Å². The number of nitrogens with one attached hydrogen (secondary N) is 2. The Morgan fingerprint density at radius 2 is 2.00 bits per heavy atom. The molecule has 0 spiro atoms. The second kappa shape index (κ2) is 6.63. The highest BCUT2D eigenvalue weighted by atomic mass is 32.2. The van der Waals surface area contributed by atoms with Gasteiger partial charge in [-0.1, -0.05) is 0 Å². The molecule has 16 heavy (non-hydrogen) atoms. The van der Waals surface area contributed by atoms with Crippen molar-refractivity contribution in [2.45, 2.75) is 26.1 Å². The van der Waals surface area contributed by atoms with Crippen LogP contribution >= 0.6 is 0 Å². The summed E-state index contributed by atoms with van der Waals surface area (Å²) < 4.78 is 30.2. The average Bonchev–Trinajstić information content (AvgIpc) is 2.11. The first-order chi connectivity index (χ1) is 7.26. The molecule has 0 aliphatic rings. The summed E-state index contributed by atoms with van der Waals surface area (Å²) in [6, 6.07) is 0. The fraction of sp³-hybridized carbons (Fsp3) is 0.857. The highest BCUT2D eigenvalue weighted by molar-refractivity contribution is 7.88. The van der Waals surface area contributed by atoms with Crippen LogP contribution in [0.15, 0.2) is 0 Å². The number of hydrogen-bond acceptors (Lipinski definition) is 6. The van der Waals surface area contributed by atoms with E-state index in [0.717, 1.165) is 0 Å². The van der Waals surface area contributed by atoms with Crippen LogP contribution in [0.1, 0.15) is 13.8 Å². The molecule has 0 aliphatic carbocycles. The zero-order valence-electron chi connectivity index (χ0n) is 9.00. The molecule has 1 amide bonds. The summed E-state index contributed by atoms with van der Waals surface area (Å²) in [6.07, 6.45) is -2.78. The molecule has 8 nitrogen and oxygen atoms in total. The molecule has 0 aromatic rings. The van der Waals surface area contributed by atoms with Crippen molar-refractivity contribution in [3.63, 3.8) is 0 Å². The quantitative estimate of drug-likeness (QED) is 0.449. The third-order valence-corrected chi connectivity index (χ3v) is 2.26. The van der Waals surface area contributed by atoms with E-state index in [4.69, 9.17) is 10.2 Å². The first-order valence-electron chi connectivity index (χ1n) is 4.53. The van der Waals surface area contributed by atoms with Crippen LogP contribution < -0.4 is 9.44 Å². The fourth-order valence-electron chi connectivity index (χ4n) is 0.654. The maximum Gasteiger partial charge on any atom is 0.422 e. The first kappa shape index (κ1) is 15.1.